The number of hydrogen-bond acceptors (Lipinski definition) is 3. The fourth-order valence-electron chi connectivity index (χ4n) is 2.48. The van der Waals surface area contributed by atoms with Gasteiger partial charge in [-0.3, -0.25) is 9.78 Å². The fraction of sp³-hybridized carbons (Fsp3) is 0.368. The van der Waals surface area contributed by atoms with Crippen molar-refractivity contribution in [2.24, 2.45) is 0 Å². The molecule has 1 aromatic carbocycles. The summed E-state index contributed by atoms with van der Waals surface area (Å²) >= 11 is 0. The van der Waals surface area contributed by atoms with E-state index in [0.717, 1.165) is 28.9 Å². The second kappa shape index (κ2) is 7.77. The van der Waals surface area contributed by atoms with Crippen molar-refractivity contribution in [2.45, 2.75) is 32.7 Å². The third-order valence-corrected chi connectivity index (χ3v) is 3.85. The number of nitrogens with one attached hydrogen (secondary N) is 1. The zero-order valence-electron chi connectivity index (χ0n) is 14.3. The minimum Gasteiger partial charge on any atom is -0.378 e. The number of aromatic nitrogens is 1. The number of carbonyl (C=O) groups is 1. The molecule has 23 heavy (non-hydrogen) atoms. The molecule has 0 aliphatic heterocycles. The molecular formula is C19H25N3O. The van der Waals surface area contributed by atoms with Gasteiger partial charge in [-0.1, -0.05) is 19.1 Å². The summed E-state index contributed by atoms with van der Waals surface area (Å²) in [5.41, 5.74) is 4.22. The van der Waals surface area contributed by atoms with Crippen LogP contribution in [0.2, 0.25) is 0 Å². The van der Waals surface area contributed by atoms with Gasteiger partial charge >= 0.3 is 0 Å². The molecule has 0 fully saturated rings. The Bertz CT molecular complexity index is 650. The van der Waals surface area contributed by atoms with E-state index in [1.165, 1.54) is 0 Å². The number of benzene rings is 1. The van der Waals surface area contributed by atoms with Gasteiger partial charge in [0.1, 0.15) is 0 Å². The lowest BCUT2D eigenvalue weighted by molar-refractivity contribution is -0.121. The highest BCUT2D eigenvalue weighted by Gasteiger charge is 2.14. The fourth-order valence-corrected chi connectivity index (χ4v) is 2.48. The van der Waals surface area contributed by atoms with Gasteiger partial charge < -0.3 is 10.2 Å². The Morgan fingerprint density at radius 1 is 1.22 bits per heavy atom. The molecule has 1 unspecified atom stereocenters. The quantitative estimate of drug-likeness (QED) is 0.890. The Morgan fingerprint density at radius 2 is 1.91 bits per heavy atom. The van der Waals surface area contributed by atoms with Gasteiger partial charge in [-0.2, -0.15) is 0 Å². The number of pyridine rings is 1. The van der Waals surface area contributed by atoms with Crippen molar-refractivity contribution >= 4 is 11.6 Å². The van der Waals surface area contributed by atoms with Gasteiger partial charge in [-0.15, -0.1) is 0 Å². The van der Waals surface area contributed by atoms with Crippen molar-refractivity contribution in [3.63, 3.8) is 0 Å². The first-order chi connectivity index (χ1) is 11.0. The molecule has 0 aliphatic rings. The molecule has 122 valence electrons. The highest BCUT2D eigenvalue weighted by Crippen LogP contribution is 2.16. The topological polar surface area (TPSA) is 45.2 Å². The van der Waals surface area contributed by atoms with Gasteiger partial charge in [0.15, 0.2) is 0 Å². The lowest BCUT2D eigenvalue weighted by atomic mass is 10.1. The molecule has 0 spiro atoms. The van der Waals surface area contributed by atoms with Crippen LogP contribution in [0.15, 0.2) is 42.6 Å². The molecule has 1 heterocycles. The van der Waals surface area contributed by atoms with Crippen LogP contribution in [0.3, 0.4) is 0 Å². The summed E-state index contributed by atoms with van der Waals surface area (Å²) in [6.45, 7) is 4.09. The molecule has 0 saturated carbocycles. The average molecular weight is 311 g/mol. The lowest BCUT2D eigenvalue weighted by Crippen LogP contribution is -2.30. The van der Waals surface area contributed by atoms with Crippen LogP contribution in [-0.2, 0) is 11.2 Å². The monoisotopic (exact) mass is 311 g/mol. The highest BCUT2D eigenvalue weighted by molar-refractivity contribution is 5.79. The van der Waals surface area contributed by atoms with E-state index in [-0.39, 0.29) is 11.9 Å². The maximum atomic E-state index is 12.3. The number of rotatable bonds is 6. The van der Waals surface area contributed by atoms with Crippen LogP contribution in [0.4, 0.5) is 5.69 Å². The minimum atomic E-state index is -0.0385. The standard InChI is InChI=1S/C19H25N3O/c1-5-17(18-12-14(2)10-11-20-18)21-19(23)13-15-6-8-16(9-7-15)22(3)4/h6-12,17H,5,13H2,1-4H3,(H,21,23). The SMILES string of the molecule is CCC(NC(=O)Cc1ccc(N(C)C)cc1)c1cc(C)ccn1. The first kappa shape index (κ1) is 17.0. The summed E-state index contributed by atoms with van der Waals surface area (Å²) in [6.07, 6.45) is 3.00. The second-order valence-corrected chi connectivity index (χ2v) is 6.02. The molecule has 2 rings (SSSR count). The first-order valence-electron chi connectivity index (χ1n) is 7.97. The number of aryl methyl sites for hydroxylation is 1. The van der Waals surface area contributed by atoms with Crippen LogP contribution in [0.5, 0.6) is 0 Å². The predicted octanol–water partition coefficient (Wildman–Crippen LogP) is 3.27. The normalized spacial score (nSPS) is 11.8. The molecular weight excluding hydrogens is 286 g/mol. The molecule has 1 amide bonds. The molecule has 4 nitrogen and oxygen atoms in total. The van der Waals surface area contributed by atoms with E-state index < -0.39 is 0 Å². The van der Waals surface area contributed by atoms with E-state index in [2.05, 4.69) is 17.2 Å². The van der Waals surface area contributed by atoms with E-state index in [1.54, 1.807) is 6.20 Å². The Balaban J connectivity index is 2.00. The van der Waals surface area contributed by atoms with Crippen LogP contribution in [-0.4, -0.2) is 25.0 Å². The summed E-state index contributed by atoms with van der Waals surface area (Å²) in [6, 6.07) is 12.0. The number of nitrogens with zero attached hydrogens (tertiary/aromatic N) is 2. The third kappa shape index (κ3) is 4.81. The lowest BCUT2D eigenvalue weighted by Gasteiger charge is -2.17. The van der Waals surface area contributed by atoms with E-state index in [1.807, 2.05) is 62.3 Å². The van der Waals surface area contributed by atoms with Crippen molar-refractivity contribution < 1.29 is 4.79 Å². The number of carbonyl (C=O) groups excluding carboxylic acids is 1. The van der Waals surface area contributed by atoms with E-state index in [9.17, 15) is 4.79 Å². The van der Waals surface area contributed by atoms with Crippen LogP contribution in [0.25, 0.3) is 0 Å². The molecule has 1 N–H and O–H groups in total. The minimum absolute atomic E-state index is 0.0257. The summed E-state index contributed by atoms with van der Waals surface area (Å²) in [4.78, 5) is 18.7. The van der Waals surface area contributed by atoms with Gasteiger partial charge in [0, 0.05) is 26.0 Å². The molecule has 0 saturated heterocycles. The van der Waals surface area contributed by atoms with E-state index in [0.29, 0.717) is 6.42 Å². The van der Waals surface area contributed by atoms with Crippen molar-refractivity contribution in [3.8, 4) is 0 Å². The molecule has 0 aliphatic carbocycles. The number of hydrogen-bond donors (Lipinski definition) is 1. The zero-order chi connectivity index (χ0) is 16.8. The van der Waals surface area contributed by atoms with Crippen molar-refractivity contribution in [3.05, 3.63) is 59.4 Å². The number of anilines is 1. The van der Waals surface area contributed by atoms with E-state index in [4.69, 9.17) is 0 Å². The first-order valence-corrected chi connectivity index (χ1v) is 7.97. The molecule has 1 aromatic heterocycles. The van der Waals surface area contributed by atoms with Gasteiger partial charge in [0.25, 0.3) is 0 Å². The summed E-state index contributed by atoms with van der Waals surface area (Å²) in [5, 5.41) is 3.08. The summed E-state index contributed by atoms with van der Waals surface area (Å²) in [5.74, 6) is 0.0257. The van der Waals surface area contributed by atoms with Gasteiger partial charge in [0.2, 0.25) is 5.91 Å². The zero-order valence-corrected chi connectivity index (χ0v) is 14.3. The van der Waals surface area contributed by atoms with Gasteiger partial charge in [-0.25, -0.2) is 0 Å². The van der Waals surface area contributed by atoms with Crippen LogP contribution in [0, 0.1) is 6.92 Å². The van der Waals surface area contributed by atoms with Crippen LogP contribution < -0.4 is 10.2 Å². The Hall–Kier alpha value is -2.36. The summed E-state index contributed by atoms with van der Waals surface area (Å²) in [7, 11) is 4.00. The maximum absolute atomic E-state index is 12.3. The largest absolute Gasteiger partial charge is 0.378 e. The Labute approximate surface area is 138 Å². The Kier molecular flexibility index (Phi) is 5.74. The third-order valence-electron chi connectivity index (χ3n) is 3.85. The van der Waals surface area contributed by atoms with Crippen LogP contribution >= 0.6 is 0 Å². The molecule has 1 atom stereocenters. The smallest absolute Gasteiger partial charge is 0.224 e. The van der Waals surface area contributed by atoms with Crippen LogP contribution in [0.1, 0.15) is 36.2 Å². The van der Waals surface area contributed by atoms with Crippen molar-refractivity contribution in [2.75, 3.05) is 19.0 Å². The molecule has 0 radical (unpaired) electrons. The highest BCUT2D eigenvalue weighted by atomic mass is 16.1. The molecule has 4 heteroatoms. The molecule has 0 bridgehead atoms. The van der Waals surface area contributed by atoms with Gasteiger partial charge in [-0.05, 0) is 48.7 Å². The average Bonchev–Trinajstić information content (AvgIpc) is 2.53. The van der Waals surface area contributed by atoms with Gasteiger partial charge in [0.05, 0.1) is 18.2 Å². The van der Waals surface area contributed by atoms with Crippen molar-refractivity contribution in [1.82, 2.24) is 10.3 Å². The predicted molar refractivity (Wildman–Crippen MR) is 94.6 cm³/mol. The van der Waals surface area contributed by atoms with E-state index >= 15 is 0 Å². The van der Waals surface area contributed by atoms with Crippen molar-refractivity contribution in [1.29, 1.82) is 0 Å². The maximum Gasteiger partial charge on any atom is 0.224 e. The second-order valence-electron chi connectivity index (χ2n) is 6.02. The number of amides is 1. The molecule has 2 aromatic rings. The Morgan fingerprint density at radius 3 is 2.48 bits per heavy atom. The summed E-state index contributed by atoms with van der Waals surface area (Å²) < 4.78 is 0.